The Morgan fingerprint density at radius 1 is 1.12 bits per heavy atom. The molecule has 2 aromatic rings. The molecule has 0 bridgehead atoms. The largest absolute Gasteiger partial charge is 0.493 e. The molecule has 0 spiro atoms. The molecular weight excluding hydrogens is 314 g/mol. The molecule has 132 valence electrons. The maximum absolute atomic E-state index is 12.3. The number of hydrogen-bond acceptors (Lipinski definition) is 3. The lowest BCUT2D eigenvalue weighted by Crippen LogP contribution is -2.31. The number of carbonyl (C=O) groups excluding carboxylic acids is 1. The Morgan fingerprint density at radius 3 is 2.72 bits per heavy atom. The van der Waals surface area contributed by atoms with E-state index in [1.54, 1.807) is 14.2 Å². The van der Waals surface area contributed by atoms with E-state index in [1.165, 1.54) is 17.5 Å². The van der Waals surface area contributed by atoms with E-state index in [9.17, 15) is 4.79 Å². The van der Waals surface area contributed by atoms with Crippen LogP contribution in [-0.4, -0.2) is 26.7 Å². The summed E-state index contributed by atoms with van der Waals surface area (Å²) < 4.78 is 10.5. The molecule has 0 saturated carbocycles. The SMILES string of the molecule is COc1ccc(CC(=O)NCC2CCCc3ccccc32)cc1OC. The molecule has 0 radical (unpaired) electrons. The highest BCUT2D eigenvalue weighted by Crippen LogP contribution is 2.31. The van der Waals surface area contributed by atoms with Crippen LogP contribution in [0.3, 0.4) is 0 Å². The van der Waals surface area contributed by atoms with Crippen molar-refractivity contribution in [2.45, 2.75) is 31.6 Å². The Balaban J connectivity index is 1.59. The molecule has 2 aromatic carbocycles. The smallest absolute Gasteiger partial charge is 0.224 e. The van der Waals surface area contributed by atoms with Gasteiger partial charge in [-0.1, -0.05) is 30.3 Å². The van der Waals surface area contributed by atoms with Gasteiger partial charge in [0.25, 0.3) is 0 Å². The zero-order valence-electron chi connectivity index (χ0n) is 14.9. The predicted octanol–water partition coefficient (Wildman–Crippen LogP) is 3.48. The second-order valence-electron chi connectivity index (χ2n) is 6.46. The minimum absolute atomic E-state index is 0.0373. The fourth-order valence-electron chi connectivity index (χ4n) is 3.54. The highest BCUT2D eigenvalue weighted by atomic mass is 16.5. The van der Waals surface area contributed by atoms with Crippen LogP contribution < -0.4 is 14.8 Å². The first kappa shape index (κ1) is 17.3. The van der Waals surface area contributed by atoms with E-state index in [2.05, 4.69) is 29.6 Å². The number of carbonyl (C=O) groups is 1. The van der Waals surface area contributed by atoms with Crippen LogP contribution in [0.1, 0.15) is 35.4 Å². The first-order valence-corrected chi connectivity index (χ1v) is 8.76. The van der Waals surface area contributed by atoms with Crippen LogP contribution in [0.2, 0.25) is 0 Å². The average Bonchev–Trinajstić information content (AvgIpc) is 2.66. The minimum Gasteiger partial charge on any atom is -0.493 e. The van der Waals surface area contributed by atoms with Crippen molar-refractivity contribution < 1.29 is 14.3 Å². The summed E-state index contributed by atoms with van der Waals surface area (Å²) in [6, 6.07) is 14.2. The maximum Gasteiger partial charge on any atom is 0.224 e. The lowest BCUT2D eigenvalue weighted by atomic mass is 9.83. The van der Waals surface area contributed by atoms with Crippen molar-refractivity contribution in [2.24, 2.45) is 0 Å². The summed E-state index contributed by atoms with van der Waals surface area (Å²) in [6.07, 6.45) is 3.81. The number of aryl methyl sites for hydroxylation is 1. The third-order valence-electron chi connectivity index (χ3n) is 4.85. The van der Waals surface area contributed by atoms with Crippen LogP contribution in [0.15, 0.2) is 42.5 Å². The van der Waals surface area contributed by atoms with Gasteiger partial charge in [-0.3, -0.25) is 4.79 Å². The molecule has 4 nitrogen and oxygen atoms in total. The van der Waals surface area contributed by atoms with E-state index in [-0.39, 0.29) is 5.91 Å². The average molecular weight is 339 g/mol. The molecular formula is C21H25NO3. The molecule has 1 N–H and O–H groups in total. The molecule has 0 aliphatic heterocycles. The molecule has 1 aliphatic rings. The van der Waals surface area contributed by atoms with Crippen molar-refractivity contribution >= 4 is 5.91 Å². The van der Waals surface area contributed by atoms with Crippen LogP contribution in [0, 0.1) is 0 Å². The van der Waals surface area contributed by atoms with Crippen LogP contribution >= 0.6 is 0 Å². The maximum atomic E-state index is 12.3. The second kappa shape index (κ2) is 8.06. The summed E-state index contributed by atoms with van der Waals surface area (Å²) >= 11 is 0. The lowest BCUT2D eigenvalue weighted by molar-refractivity contribution is -0.120. The zero-order valence-corrected chi connectivity index (χ0v) is 14.9. The Morgan fingerprint density at radius 2 is 1.92 bits per heavy atom. The normalized spacial score (nSPS) is 16.0. The number of rotatable bonds is 6. The Bertz CT molecular complexity index is 742. The van der Waals surface area contributed by atoms with Gasteiger partial charge in [0.2, 0.25) is 5.91 Å². The number of benzene rings is 2. The molecule has 1 amide bonds. The number of methoxy groups -OCH3 is 2. The predicted molar refractivity (Wildman–Crippen MR) is 98.4 cm³/mol. The molecule has 4 heteroatoms. The Labute approximate surface area is 149 Å². The second-order valence-corrected chi connectivity index (χ2v) is 6.46. The Kier molecular flexibility index (Phi) is 5.59. The van der Waals surface area contributed by atoms with Gasteiger partial charge < -0.3 is 14.8 Å². The molecule has 25 heavy (non-hydrogen) atoms. The van der Waals surface area contributed by atoms with E-state index >= 15 is 0 Å². The Hall–Kier alpha value is -2.49. The minimum atomic E-state index is 0.0373. The van der Waals surface area contributed by atoms with Crippen LogP contribution in [-0.2, 0) is 17.6 Å². The number of amides is 1. The zero-order chi connectivity index (χ0) is 17.6. The summed E-state index contributed by atoms with van der Waals surface area (Å²) in [4.78, 5) is 12.3. The number of ether oxygens (including phenoxy) is 2. The summed E-state index contributed by atoms with van der Waals surface area (Å²) in [5, 5.41) is 3.10. The van der Waals surface area contributed by atoms with Crippen molar-refractivity contribution in [1.82, 2.24) is 5.32 Å². The van der Waals surface area contributed by atoms with Gasteiger partial charge in [-0.2, -0.15) is 0 Å². The molecule has 3 rings (SSSR count). The van der Waals surface area contributed by atoms with Gasteiger partial charge in [0.05, 0.1) is 20.6 Å². The number of hydrogen-bond donors (Lipinski definition) is 1. The molecule has 0 fully saturated rings. The molecule has 0 saturated heterocycles. The van der Waals surface area contributed by atoms with Crippen molar-refractivity contribution in [3.63, 3.8) is 0 Å². The van der Waals surface area contributed by atoms with Gasteiger partial charge in [-0.25, -0.2) is 0 Å². The van der Waals surface area contributed by atoms with Crippen molar-refractivity contribution in [3.05, 3.63) is 59.2 Å². The molecule has 0 heterocycles. The molecule has 0 aromatic heterocycles. The standard InChI is InChI=1S/C21H25NO3/c1-24-19-11-10-15(12-20(19)25-2)13-21(23)22-14-17-8-5-7-16-6-3-4-9-18(16)17/h3-4,6,9-12,17H,5,7-8,13-14H2,1-2H3,(H,22,23). The molecule has 1 aliphatic carbocycles. The summed E-state index contributed by atoms with van der Waals surface area (Å²) in [6.45, 7) is 0.698. The van der Waals surface area contributed by atoms with Crippen molar-refractivity contribution in [3.8, 4) is 11.5 Å². The van der Waals surface area contributed by atoms with Gasteiger partial charge in [0.15, 0.2) is 11.5 Å². The van der Waals surface area contributed by atoms with Gasteiger partial charge in [0.1, 0.15) is 0 Å². The first-order valence-electron chi connectivity index (χ1n) is 8.76. The van der Waals surface area contributed by atoms with Crippen LogP contribution in [0.5, 0.6) is 11.5 Å². The van der Waals surface area contributed by atoms with E-state index in [0.717, 1.165) is 18.4 Å². The fourth-order valence-corrected chi connectivity index (χ4v) is 3.54. The summed E-state index contributed by atoms with van der Waals surface area (Å²) in [7, 11) is 3.20. The van der Waals surface area contributed by atoms with Gasteiger partial charge >= 0.3 is 0 Å². The quantitative estimate of drug-likeness (QED) is 0.876. The van der Waals surface area contributed by atoms with Crippen molar-refractivity contribution in [2.75, 3.05) is 20.8 Å². The van der Waals surface area contributed by atoms with E-state index in [4.69, 9.17) is 9.47 Å². The monoisotopic (exact) mass is 339 g/mol. The summed E-state index contributed by atoms with van der Waals surface area (Å²) in [5.74, 6) is 1.77. The van der Waals surface area contributed by atoms with Gasteiger partial charge in [-0.15, -0.1) is 0 Å². The van der Waals surface area contributed by atoms with Crippen LogP contribution in [0.25, 0.3) is 0 Å². The van der Waals surface area contributed by atoms with Gasteiger partial charge in [-0.05, 0) is 48.1 Å². The summed E-state index contributed by atoms with van der Waals surface area (Å²) in [5.41, 5.74) is 3.73. The molecule has 1 atom stereocenters. The first-order chi connectivity index (χ1) is 12.2. The lowest BCUT2D eigenvalue weighted by Gasteiger charge is -2.25. The van der Waals surface area contributed by atoms with Gasteiger partial charge in [0, 0.05) is 12.5 Å². The van der Waals surface area contributed by atoms with Crippen molar-refractivity contribution in [1.29, 1.82) is 0 Å². The topological polar surface area (TPSA) is 47.6 Å². The highest BCUT2D eigenvalue weighted by molar-refractivity contribution is 5.78. The third kappa shape index (κ3) is 4.13. The molecule has 1 unspecified atom stereocenters. The number of nitrogens with one attached hydrogen (secondary N) is 1. The van der Waals surface area contributed by atoms with E-state index in [1.807, 2.05) is 18.2 Å². The number of fused-ring (bicyclic) bond motifs is 1. The van der Waals surface area contributed by atoms with E-state index < -0.39 is 0 Å². The fraction of sp³-hybridized carbons (Fsp3) is 0.381. The highest BCUT2D eigenvalue weighted by Gasteiger charge is 2.20. The third-order valence-corrected chi connectivity index (χ3v) is 4.85. The van der Waals surface area contributed by atoms with Crippen LogP contribution in [0.4, 0.5) is 0 Å². The van der Waals surface area contributed by atoms with E-state index in [0.29, 0.717) is 30.4 Å².